The van der Waals surface area contributed by atoms with Gasteiger partial charge in [0, 0.05) is 24.5 Å². The van der Waals surface area contributed by atoms with E-state index in [0.29, 0.717) is 18.7 Å². The van der Waals surface area contributed by atoms with Gasteiger partial charge >= 0.3 is 0 Å². The van der Waals surface area contributed by atoms with Crippen LogP contribution in [0.25, 0.3) is 0 Å². The zero-order chi connectivity index (χ0) is 24.7. The largest absolute Gasteiger partial charge is 0.483 e. The average Bonchev–Trinajstić information content (AvgIpc) is 2.82. The predicted octanol–water partition coefficient (Wildman–Crippen LogP) is 5.14. The summed E-state index contributed by atoms with van der Waals surface area (Å²) in [5.74, 6) is 0.227. The van der Waals surface area contributed by atoms with Crippen LogP contribution in [0.5, 0.6) is 5.75 Å². The summed E-state index contributed by atoms with van der Waals surface area (Å²) in [7, 11) is 1.59. The number of aryl methyl sites for hydroxylation is 2. The fourth-order valence-electron chi connectivity index (χ4n) is 3.93. The van der Waals surface area contributed by atoms with E-state index in [2.05, 4.69) is 27.3 Å². The Kier molecular flexibility index (Phi) is 8.88. The molecule has 3 aromatic rings. The van der Waals surface area contributed by atoms with Gasteiger partial charge < -0.3 is 15.0 Å². The molecule has 0 aliphatic carbocycles. The normalized spacial score (nSPS) is 11.6. The van der Waals surface area contributed by atoms with Crippen LogP contribution in [-0.4, -0.2) is 36.4 Å². The lowest BCUT2D eigenvalue weighted by molar-refractivity contribution is -0.142. The number of carbonyl (C=O) groups is 2. The van der Waals surface area contributed by atoms with Crippen molar-refractivity contribution >= 4 is 27.7 Å². The van der Waals surface area contributed by atoms with Gasteiger partial charge in [0.25, 0.3) is 5.91 Å². The summed E-state index contributed by atoms with van der Waals surface area (Å²) < 4.78 is 6.90. The molecule has 0 aromatic heterocycles. The first-order valence-corrected chi connectivity index (χ1v) is 12.1. The Morgan fingerprint density at radius 1 is 0.971 bits per heavy atom. The number of rotatable bonds is 9. The second kappa shape index (κ2) is 11.8. The first-order valence-electron chi connectivity index (χ1n) is 11.3. The van der Waals surface area contributed by atoms with Gasteiger partial charge in [-0.05, 0) is 66.8 Å². The Balaban J connectivity index is 1.90. The van der Waals surface area contributed by atoms with Crippen molar-refractivity contribution in [1.82, 2.24) is 10.2 Å². The van der Waals surface area contributed by atoms with Crippen molar-refractivity contribution in [1.29, 1.82) is 0 Å². The number of nitrogens with zero attached hydrogens (tertiary/aromatic N) is 1. The molecule has 3 rings (SSSR count). The zero-order valence-corrected chi connectivity index (χ0v) is 21.7. The lowest BCUT2D eigenvalue weighted by Crippen LogP contribution is -2.51. The lowest BCUT2D eigenvalue weighted by Gasteiger charge is -2.31. The van der Waals surface area contributed by atoms with E-state index in [9.17, 15) is 9.59 Å². The maximum atomic E-state index is 13.5. The van der Waals surface area contributed by atoms with Crippen LogP contribution in [0, 0.1) is 20.8 Å². The van der Waals surface area contributed by atoms with Gasteiger partial charge in [0.15, 0.2) is 6.61 Å². The molecule has 0 spiro atoms. The van der Waals surface area contributed by atoms with E-state index in [0.717, 1.165) is 32.3 Å². The molecule has 5 nitrogen and oxygen atoms in total. The van der Waals surface area contributed by atoms with E-state index >= 15 is 0 Å². The number of benzene rings is 3. The molecule has 0 fully saturated rings. The van der Waals surface area contributed by atoms with E-state index in [4.69, 9.17) is 4.74 Å². The molecule has 1 N–H and O–H groups in total. The molecule has 6 heteroatoms. The Morgan fingerprint density at radius 2 is 1.68 bits per heavy atom. The molecule has 0 saturated heterocycles. The molecule has 34 heavy (non-hydrogen) atoms. The molecule has 2 amide bonds. The summed E-state index contributed by atoms with van der Waals surface area (Å²) in [6.07, 6.45) is 0.406. The summed E-state index contributed by atoms with van der Waals surface area (Å²) in [5, 5.41) is 2.73. The average molecular weight is 523 g/mol. The number of carbonyl (C=O) groups excluding carboxylic acids is 2. The van der Waals surface area contributed by atoms with Crippen molar-refractivity contribution in [2.45, 2.75) is 39.8 Å². The number of hydrogen-bond donors (Lipinski definition) is 1. The van der Waals surface area contributed by atoms with Gasteiger partial charge in [-0.2, -0.15) is 0 Å². The van der Waals surface area contributed by atoms with Crippen molar-refractivity contribution in [2.75, 3.05) is 13.7 Å². The van der Waals surface area contributed by atoms with Crippen LogP contribution in [0.3, 0.4) is 0 Å². The van der Waals surface area contributed by atoms with E-state index in [1.807, 2.05) is 81.4 Å². The van der Waals surface area contributed by atoms with Crippen LogP contribution in [0.15, 0.2) is 71.2 Å². The standard InChI is InChI=1S/C28H31BrN2O3/c1-19-13-20(2)21(3)26(14-19)34-18-27(32)31(17-23-11-8-12-24(29)15-23)25(28(33)30-4)16-22-9-6-5-7-10-22/h5-15,25H,16-18H2,1-4H3,(H,30,33). The van der Waals surface area contributed by atoms with Gasteiger partial charge in [0.1, 0.15) is 11.8 Å². The molecule has 0 radical (unpaired) electrons. The van der Waals surface area contributed by atoms with Crippen LogP contribution < -0.4 is 10.1 Å². The number of halogens is 1. The minimum atomic E-state index is -0.678. The van der Waals surface area contributed by atoms with E-state index in [1.54, 1.807) is 11.9 Å². The Labute approximate surface area is 210 Å². The Bertz CT molecular complexity index is 1150. The second-order valence-corrected chi connectivity index (χ2v) is 9.38. The molecule has 0 aliphatic heterocycles. The van der Waals surface area contributed by atoms with Crippen molar-refractivity contribution in [3.63, 3.8) is 0 Å². The minimum absolute atomic E-state index is 0.153. The minimum Gasteiger partial charge on any atom is -0.483 e. The highest BCUT2D eigenvalue weighted by Crippen LogP contribution is 2.24. The monoisotopic (exact) mass is 522 g/mol. The molecule has 178 valence electrons. The summed E-state index contributed by atoms with van der Waals surface area (Å²) >= 11 is 3.50. The molecule has 3 aromatic carbocycles. The van der Waals surface area contributed by atoms with Gasteiger partial charge in [-0.3, -0.25) is 9.59 Å². The maximum Gasteiger partial charge on any atom is 0.261 e. The SMILES string of the molecule is CNC(=O)C(Cc1ccccc1)N(Cc1cccc(Br)c1)C(=O)COc1cc(C)cc(C)c1C. The molecule has 1 unspecified atom stereocenters. The van der Waals surface area contributed by atoms with Gasteiger partial charge in [-0.25, -0.2) is 0 Å². The smallest absolute Gasteiger partial charge is 0.261 e. The third-order valence-corrected chi connectivity index (χ3v) is 6.37. The lowest BCUT2D eigenvalue weighted by atomic mass is 10.0. The van der Waals surface area contributed by atoms with E-state index in [-0.39, 0.29) is 18.4 Å². The third-order valence-electron chi connectivity index (χ3n) is 5.87. The molecular weight excluding hydrogens is 492 g/mol. The number of nitrogens with one attached hydrogen (secondary N) is 1. The van der Waals surface area contributed by atoms with Crippen LogP contribution in [-0.2, 0) is 22.6 Å². The van der Waals surface area contributed by atoms with Crippen LogP contribution in [0.1, 0.15) is 27.8 Å². The number of hydrogen-bond acceptors (Lipinski definition) is 3. The Hall–Kier alpha value is -3.12. The first-order chi connectivity index (χ1) is 16.3. The van der Waals surface area contributed by atoms with E-state index in [1.165, 1.54) is 0 Å². The summed E-state index contributed by atoms with van der Waals surface area (Å²) in [5.41, 5.74) is 5.09. The van der Waals surface area contributed by atoms with Gasteiger partial charge in [0.2, 0.25) is 5.91 Å². The molecular formula is C28H31BrN2O3. The molecule has 0 saturated carbocycles. The molecule has 1 atom stereocenters. The predicted molar refractivity (Wildman–Crippen MR) is 139 cm³/mol. The summed E-state index contributed by atoms with van der Waals surface area (Å²) in [6.45, 7) is 6.15. The highest BCUT2D eigenvalue weighted by molar-refractivity contribution is 9.10. The van der Waals surface area contributed by atoms with Gasteiger partial charge in [0.05, 0.1) is 0 Å². The topological polar surface area (TPSA) is 58.6 Å². The molecule has 0 heterocycles. The maximum absolute atomic E-state index is 13.5. The quantitative estimate of drug-likeness (QED) is 0.423. The number of amides is 2. The van der Waals surface area contributed by atoms with Crippen LogP contribution in [0.4, 0.5) is 0 Å². The van der Waals surface area contributed by atoms with Gasteiger partial charge in [-0.15, -0.1) is 0 Å². The van der Waals surface area contributed by atoms with Crippen LogP contribution in [0.2, 0.25) is 0 Å². The third kappa shape index (κ3) is 6.70. The fourth-order valence-corrected chi connectivity index (χ4v) is 4.37. The highest BCUT2D eigenvalue weighted by atomic mass is 79.9. The Morgan fingerprint density at radius 3 is 2.35 bits per heavy atom. The highest BCUT2D eigenvalue weighted by Gasteiger charge is 2.30. The second-order valence-electron chi connectivity index (χ2n) is 8.46. The zero-order valence-electron chi connectivity index (χ0n) is 20.1. The van der Waals surface area contributed by atoms with Crippen LogP contribution >= 0.6 is 15.9 Å². The number of ether oxygens (including phenoxy) is 1. The van der Waals surface area contributed by atoms with Crippen molar-refractivity contribution in [3.05, 3.63) is 99.0 Å². The fraction of sp³-hybridized carbons (Fsp3) is 0.286. The van der Waals surface area contributed by atoms with Crippen molar-refractivity contribution in [2.24, 2.45) is 0 Å². The van der Waals surface area contributed by atoms with E-state index < -0.39 is 6.04 Å². The number of likely N-dealkylation sites (N-methyl/N-ethyl adjacent to an activating group) is 1. The van der Waals surface area contributed by atoms with Gasteiger partial charge in [-0.1, -0.05) is 64.5 Å². The molecule has 0 aliphatic rings. The van der Waals surface area contributed by atoms with Crippen molar-refractivity contribution in [3.8, 4) is 5.75 Å². The first kappa shape index (κ1) is 25.5. The summed E-state index contributed by atoms with van der Waals surface area (Å²) in [4.78, 5) is 28.1. The van der Waals surface area contributed by atoms with Crippen molar-refractivity contribution < 1.29 is 14.3 Å². The summed E-state index contributed by atoms with van der Waals surface area (Å²) in [6, 6.07) is 20.8. The molecule has 0 bridgehead atoms.